The van der Waals surface area contributed by atoms with Gasteiger partial charge in [-0.3, -0.25) is 4.28 Å². The number of allylic oxidation sites excluding steroid dienone is 2. The van der Waals surface area contributed by atoms with Gasteiger partial charge in [-0.2, -0.15) is 13.7 Å². The van der Waals surface area contributed by atoms with Gasteiger partial charge in [0.15, 0.2) is 0 Å². The Bertz CT molecular complexity index is 1130. The van der Waals surface area contributed by atoms with Crippen molar-refractivity contribution in [3.8, 4) is 11.8 Å². The van der Waals surface area contributed by atoms with E-state index in [1.165, 1.54) is 43.1 Å². The summed E-state index contributed by atoms with van der Waals surface area (Å²) in [7, 11) is -2.55. The molecular formula is C20H16N2O4S2. The fraction of sp³-hybridized carbons (Fsp3) is 0.100. The predicted molar refractivity (Wildman–Crippen MR) is 109 cm³/mol. The fourth-order valence-corrected chi connectivity index (χ4v) is 4.09. The Morgan fingerprint density at radius 2 is 1.82 bits per heavy atom. The van der Waals surface area contributed by atoms with E-state index in [0.717, 1.165) is 11.1 Å². The van der Waals surface area contributed by atoms with Crippen molar-refractivity contribution in [3.63, 3.8) is 0 Å². The summed E-state index contributed by atoms with van der Waals surface area (Å²) < 4.78 is 34.3. The van der Waals surface area contributed by atoms with Crippen molar-refractivity contribution in [3.05, 3.63) is 76.7 Å². The van der Waals surface area contributed by atoms with Crippen LogP contribution < -0.4 is 4.74 Å². The third kappa shape index (κ3) is 4.27. The molecule has 1 aliphatic rings. The van der Waals surface area contributed by atoms with Crippen molar-refractivity contribution in [2.75, 3.05) is 7.11 Å². The van der Waals surface area contributed by atoms with Crippen LogP contribution in [0.25, 0.3) is 5.57 Å². The highest BCUT2D eigenvalue weighted by molar-refractivity contribution is 8.18. The van der Waals surface area contributed by atoms with E-state index in [1.54, 1.807) is 12.2 Å². The zero-order valence-electron chi connectivity index (χ0n) is 15.1. The van der Waals surface area contributed by atoms with E-state index in [2.05, 4.69) is 11.2 Å². The van der Waals surface area contributed by atoms with E-state index in [9.17, 15) is 13.7 Å². The predicted octanol–water partition coefficient (Wildman–Crippen LogP) is 4.26. The first-order valence-corrected chi connectivity index (χ1v) is 10.4. The van der Waals surface area contributed by atoms with Gasteiger partial charge in [0, 0.05) is 4.91 Å². The number of ether oxygens (including phenoxy) is 1. The van der Waals surface area contributed by atoms with E-state index in [1.807, 2.05) is 31.2 Å². The Morgan fingerprint density at radius 3 is 2.46 bits per heavy atom. The van der Waals surface area contributed by atoms with Gasteiger partial charge in [-0.05, 0) is 54.5 Å². The minimum Gasteiger partial charge on any atom is -0.497 e. The molecule has 8 heteroatoms. The number of rotatable bonds is 5. The van der Waals surface area contributed by atoms with Crippen molar-refractivity contribution in [1.29, 1.82) is 5.26 Å². The first kappa shape index (κ1) is 19.7. The van der Waals surface area contributed by atoms with E-state index in [0.29, 0.717) is 21.3 Å². The molecule has 0 radical (unpaired) electrons. The maximum Gasteiger partial charge on any atom is 0.358 e. The summed E-state index contributed by atoms with van der Waals surface area (Å²) in [5, 5.41) is 13.6. The summed E-state index contributed by atoms with van der Waals surface area (Å²) in [6, 6.07) is 15.6. The second-order valence-electron chi connectivity index (χ2n) is 5.74. The zero-order valence-corrected chi connectivity index (χ0v) is 16.8. The first-order chi connectivity index (χ1) is 13.4. The lowest BCUT2D eigenvalue weighted by Gasteiger charge is -2.06. The van der Waals surface area contributed by atoms with Gasteiger partial charge in [0.2, 0.25) is 0 Å². The molecule has 142 valence electrons. The van der Waals surface area contributed by atoms with Crippen LogP contribution in [0.15, 0.2) is 75.6 Å². The molecule has 2 aromatic rings. The number of methoxy groups -OCH3 is 1. The highest BCUT2D eigenvalue weighted by atomic mass is 32.2. The topological polar surface area (TPSA) is 88.8 Å². The van der Waals surface area contributed by atoms with Crippen LogP contribution in [0.1, 0.15) is 11.1 Å². The first-order valence-electron chi connectivity index (χ1n) is 8.16. The quantitative estimate of drug-likeness (QED) is 0.538. The van der Waals surface area contributed by atoms with Gasteiger partial charge in [-0.1, -0.05) is 41.2 Å². The molecule has 0 saturated carbocycles. The molecule has 0 fully saturated rings. The normalized spacial score (nSPS) is 16.7. The van der Waals surface area contributed by atoms with Crippen molar-refractivity contribution in [2.45, 2.75) is 11.8 Å². The lowest BCUT2D eigenvalue weighted by Crippen LogP contribution is -2.03. The molecule has 0 amide bonds. The van der Waals surface area contributed by atoms with Crippen molar-refractivity contribution >= 4 is 32.5 Å². The van der Waals surface area contributed by atoms with Crippen LogP contribution >= 0.6 is 11.8 Å². The van der Waals surface area contributed by atoms with Gasteiger partial charge in [0.1, 0.15) is 21.8 Å². The van der Waals surface area contributed by atoms with Gasteiger partial charge < -0.3 is 4.74 Å². The second-order valence-corrected chi connectivity index (χ2v) is 8.33. The van der Waals surface area contributed by atoms with Gasteiger partial charge >= 0.3 is 10.1 Å². The molecule has 0 spiro atoms. The Kier molecular flexibility index (Phi) is 5.87. The number of thioether (sulfide) groups is 1. The molecule has 6 nitrogen and oxygen atoms in total. The fourth-order valence-electron chi connectivity index (χ4n) is 2.48. The van der Waals surface area contributed by atoms with Crippen molar-refractivity contribution in [2.24, 2.45) is 5.16 Å². The van der Waals surface area contributed by atoms with Crippen LogP contribution in [0.4, 0.5) is 0 Å². The minimum absolute atomic E-state index is 0.0296. The average Bonchev–Trinajstić information content (AvgIpc) is 3.17. The molecule has 0 N–H and O–H groups in total. The maximum atomic E-state index is 12.3. The molecule has 0 unspecified atom stereocenters. The molecule has 0 bridgehead atoms. The minimum atomic E-state index is -4.05. The number of benzene rings is 2. The Balaban J connectivity index is 1.80. The molecule has 3 rings (SSSR count). The van der Waals surface area contributed by atoms with Crippen LogP contribution in [-0.2, 0) is 14.4 Å². The standard InChI is InChI=1S/C20H16N2O4S2/c1-14-5-3-4-6-17(14)18(13-21)19-11-12-20(27-19)22-26-28(23,24)16-9-7-15(25-2)8-10-16/h3-12H,1-2H3/b19-18-,22-20-. The highest BCUT2D eigenvalue weighted by Gasteiger charge is 2.20. The van der Waals surface area contributed by atoms with Crippen molar-refractivity contribution < 1.29 is 17.4 Å². The average molecular weight is 412 g/mol. The number of hydrogen-bond donors (Lipinski definition) is 0. The molecule has 2 aromatic carbocycles. The Morgan fingerprint density at radius 1 is 1.11 bits per heavy atom. The van der Waals surface area contributed by atoms with E-state index >= 15 is 0 Å². The molecule has 0 atom stereocenters. The molecule has 28 heavy (non-hydrogen) atoms. The summed E-state index contributed by atoms with van der Waals surface area (Å²) in [6.45, 7) is 1.93. The molecule has 0 saturated heterocycles. The van der Waals surface area contributed by atoms with E-state index in [4.69, 9.17) is 9.02 Å². The summed E-state index contributed by atoms with van der Waals surface area (Å²) >= 11 is 1.18. The number of nitriles is 1. The molecule has 0 aliphatic carbocycles. The number of nitrogens with zero attached hydrogens (tertiary/aromatic N) is 2. The smallest absolute Gasteiger partial charge is 0.358 e. The van der Waals surface area contributed by atoms with Crippen LogP contribution in [-0.4, -0.2) is 20.6 Å². The molecule has 1 aliphatic heterocycles. The monoisotopic (exact) mass is 412 g/mol. The SMILES string of the molecule is COc1ccc(S(=O)(=O)O/N=C2C=C/C(=C(\C#N)c3ccccc3C)S/2)cc1. The van der Waals surface area contributed by atoms with Gasteiger partial charge in [0.05, 0.1) is 12.7 Å². The molecule has 0 aromatic heterocycles. The number of hydrogen-bond acceptors (Lipinski definition) is 7. The lowest BCUT2D eigenvalue weighted by molar-refractivity contribution is 0.340. The van der Waals surface area contributed by atoms with Gasteiger partial charge in [-0.15, -0.1) is 0 Å². The summed E-state index contributed by atoms with van der Waals surface area (Å²) in [6.07, 6.45) is 3.33. The Hall–Kier alpha value is -3.02. The number of oxime groups is 1. The zero-order chi connectivity index (χ0) is 20.1. The summed E-state index contributed by atoms with van der Waals surface area (Å²) in [5.74, 6) is 0.537. The maximum absolute atomic E-state index is 12.3. The van der Waals surface area contributed by atoms with Crippen LogP contribution in [0.2, 0.25) is 0 Å². The molecular weight excluding hydrogens is 396 g/mol. The van der Waals surface area contributed by atoms with Crippen LogP contribution in [0.5, 0.6) is 5.75 Å². The van der Waals surface area contributed by atoms with E-state index < -0.39 is 10.1 Å². The highest BCUT2D eigenvalue weighted by Crippen LogP contribution is 2.35. The number of aryl methyl sites for hydroxylation is 1. The largest absolute Gasteiger partial charge is 0.497 e. The van der Waals surface area contributed by atoms with E-state index in [-0.39, 0.29) is 4.90 Å². The summed E-state index contributed by atoms with van der Waals surface area (Å²) in [4.78, 5) is 0.652. The lowest BCUT2D eigenvalue weighted by atomic mass is 10.0. The summed E-state index contributed by atoms with van der Waals surface area (Å²) in [5.41, 5.74) is 2.30. The van der Waals surface area contributed by atoms with Gasteiger partial charge in [-0.25, -0.2) is 0 Å². The third-order valence-corrected chi connectivity index (χ3v) is 6.04. The third-order valence-electron chi connectivity index (χ3n) is 3.94. The second kappa shape index (κ2) is 8.33. The molecule has 1 heterocycles. The van der Waals surface area contributed by atoms with Crippen molar-refractivity contribution in [1.82, 2.24) is 0 Å². The van der Waals surface area contributed by atoms with Crippen LogP contribution in [0, 0.1) is 18.3 Å². The van der Waals surface area contributed by atoms with Crippen LogP contribution in [0.3, 0.4) is 0 Å². The Labute approximate surface area is 167 Å². The van der Waals surface area contributed by atoms with Gasteiger partial charge in [0.25, 0.3) is 0 Å².